The lowest BCUT2D eigenvalue weighted by molar-refractivity contribution is -0.141. The molecule has 1 unspecified atom stereocenters. The standard InChI is InChI=1S/C13H16BrNO5/c1-7(13(17)18)15(2)12(16)9-5-8(19-3)6-10(14)11(9)20-4/h5-7H,1-4H3,(H,17,18). The summed E-state index contributed by atoms with van der Waals surface area (Å²) >= 11 is 3.29. The molecule has 0 aromatic heterocycles. The average Bonchev–Trinajstić information content (AvgIpc) is 2.43. The Morgan fingerprint density at radius 1 is 1.30 bits per heavy atom. The van der Waals surface area contributed by atoms with E-state index in [1.165, 1.54) is 34.3 Å². The van der Waals surface area contributed by atoms with Gasteiger partial charge in [0, 0.05) is 7.05 Å². The van der Waals surface area contributed by atoms with E-state index in [1.807, 2.05) is 0 Å². The van der Waals surface area contributed by atoms with Crippen molar-refractivity contribution in [1.29, 1.82) is 0 Å². The number of ether oxygens (including phenoxy) is 2. The normalized spacial score (nSPS) is 11.7. The second kappa shape index (κ2) is 6.60. The Labute approximate surface area is 125 Å². The smallest absolute Gasteiger partial charge is 0.326 e. The highest BCUT2D eigenvalue weighted by atomic mass is 79.9. The summed E-state index contributed by atoms with van der Waals surface area (Å²) in [4.78, 5) is 24.5. The van der Waals surface area contributed by atoms with E-state index in [0.29, 0.717) is 16.0 Å². The minimum Gasteiger partial charge on any atom is -0.497 e. The number of halogens is 1. The first-order chi connectivity index (χ1) is 9.33. The molecule has 0 bridgehead atoms. The molecule has 1 N–H and O–H groups in total. The van der Waals surface area contributed by atoms with Crippen molar-refractivity contribution in [2.45, 2.75) is 13.0 Å². The highest BCUT2D eigenvalue weighted by molar-refractivity contribution is 9.10. The van der Waals surface area contributed by atoms with Crippen molar-refractivity contribution >= 4 is 27.8 Å². The second-order valence-corrected chi connectivity index (χ2v) is 4.97. The first-order valence-corrected chi connectivity index (χ1v) is 6.54. The molecule has 0 radical (unpaired) electrons. The number of carbonyl (C=O) groups excluding carboxylic acids is 1. The third-order valence-corrected chi connectivity index (χ3v) is 3.54. The van der Waals surface area contributed by atoms with Crippen LogP contribution in [0.3, 0.4) is 0 Å². The van der Waals surface area contributed by atoms with Crippen molar-refractivity contribution in [1.82, 2.24) is 4.90 Å². The van der Waals surface area contributed by atoms with Crippen LogP contribution in [0.25, 0.3) is 0 Å². The molecule has 0 aliphatic heterocycles. The van der Waals surface area contributed by atoms with Crippen molar-refractivity contribution in [3.05, 3.63) is 22.2 Å². The van der Waals surface area contributed by atoms with Gasteiger partial charge in [0.1, 0.15) is 17.5 Å². The summed E-state index contributed by atoms with van der Waals surface area (Å²) in [6.45, 7) is 1.43. The fourth-order valence-electron chi connectivity index (χ4n) is 1.58. The number of amides is 1. The lowest BCUT2D eigenvalue weighted by Gasteiger charge is -2.23. The number of hydrogen-bond acceptors (Lipinski definition) is 4. The van der Waals surface area contributed by atoms with E-state index in [0.717, 1.165) is 4.90 Å². The predicted octanol–water partition coefficient (Wildman–Crippen LogP) is 2.01. The van der Waals surface area contributed by atoms with Crippen molar-refractivity contribution in [2.75, 3.05) is 21.3 Å². The Morgan fingerprint density at radius 2 is 1.90 bits per heavy atom. The van der Waals surface area contributed by atoms with Gasteiger partial charge in [-0.3, -0.25) is 4.79 Å². The van der Waals surface area contributed by atoms with E-state index in [-0.39, 0.29) is 5.56 Å². The molecule has 1 amide bonds. The second-order valence-electron chi connectivity index (χ2n) is 4.12. The van der Waals surface area contributed by atoms with Crippen LogP contribution in [-0.2, 0) is 4.79 Å². The minimum atomic E-state index is -1.08. The summed E-state index contributed by atoms with van der Waals surface area (Å²) < 4.78 is 10.8. The van der Waals surface area contributed by atoms with Gasteiger partial charge in [0.05, 0.1) is 24.3 Å². The number of nitrogens with zero attached hydrogens (tertiary/aromatic N) is 1. The molecule has 0 saturated carbocycles. The van der Waals surface area contributed by atoms with Crippen molar-refractivity contribution in [2.24, 2.45) is 0 Å². The molecule has 7 heteroatoms. The molecule has 0 spiro atoms. The van der Waals surface area contributed by atoms with Gasteiger partial charge in [-0.2, -0.15) is 0 Å². The summed E-state index contributed by atoms with van der Waals surface area (Å²) in [5, 5.41) is 8.97. The number of benzene rings is 1. The molecule has 1 atom stereocenters. The first kappa shape index (κ1) is 16.3. The van der Waals surface area contributed by atoms with Gasteiger partial charge in [0.2, 0.25) is 0 Å². The Morgan fingerprint density at radius 3 is 2.35 bits per heavy atom. The molecular formula is C13H16BrNO5. The monoisotopic (exact) mass is 345 g/mol. The summed E-state index contributed by atoms with van der Waals surface area (Å²) in [6.07, 6.45) is 0. The number of carboxylic acids is 1. The molecule has 20 heavy (non-hydrogen) atoms. The van der Waals surface area contributed by atoms with Gasteiger partial charge in [0.25, 0.3) is 5.91 Å². The van der Waals surface area contributed by atoms with E-state index in [1.54, 1.807) is 6.07 Å². The van der Waals surface area contributed by atoms with Crippen LogP contribution in [0.4, 0.5) is 0 Å². The fraction of sp³-hybridized carbons (Fsp3) is 0.385. The van der Waals surface area contributed by atoms with Gasteiger partial charge >= 0.3 is 5.97 Å². The quantitative estimate of drug-likeness (QED) is 0.883. The van der Waals surface area contributed by atoms with Gasteiger partial charge < -0.3 is 19.5 Å². The average molecular weight is 346 g/mol. The van der Waals surface area contributed by atoms with Gasteiger partial charge in [-0.15, -0.1) is 0 Å². The topological polar surface area (TPSA) is 76.1 Å². The van der Waals surface area contributed by atoms with Gasteiger partial charge in [0.15, 0.2) is 0 Å². The van der Waals surface area contributed by atoms with Gasteiger partial charge in [-0.1, -0.05) is 0 Å². The Balaban J connectivity index is 3.27. The lowest BCUT2D eigenvalue weighted by Crippen LogP contribution is -2.40. The SMILES string of the molecule is COc1cc(Br)c(OC)c(C(=O)N(C)C(C)C(=O)O)c1. The van der Waals surface area contributed by atoms with E-state index in [9.17, 15) is 9.59 Å². The molecule has 0 heterocycles. The van der Waals surface area contributed by atoms with Crippen LogP contribution in [0.2, 0.25) is 0 Å². The molecule has 6 nitrogen and oxygen atoms in total. The largest absolute Gasteiger partial charge is 0.497 e. The number of methoxy groups -OCH3 is 2. The highest BCUT2D eigenvalue weighted by Gasteiger charge is 2.26. The van der Waals surface area contributed by atoms with Crippen LogP contribution in [0.5, 0.6) is 11.5 Å². The summed E-state index contributed by atoms with van der Waals surface area (Å²) in [7, 11) is 4.34. The third-order valence-electron chi connectivity index (χ3n) is 2.95. The van der Waals surface area contributed by atoms with Crippen molar-refractivity contribution < 1.29 is 24.2 Å². The molecule has 0 aliphatic carbocycles. The summed E-state index contributed by atoms with van der Waals surface area (Å²) in [5.74, 6) is -0.740. The predicted molar refractivity (Wildman–Crippen MR) is 76.4 cm³/mol. The van der Waals surface area contributed by atoms with Crippen LogP contribution in [0.15, 0.2) is 16.6 Å². The van der Waals surface area contributed by atoms with Crippen LogP contribution in [0.1, 0.15) is 17.3 Å². The van der Waals surface area contributed by atoms with Crippen LogP contribution in [0, 0.1) is 0 Å². The Bertz CT molecular complexity index is 532. The van der Waals surface area contributed by atoms with Crippen LogP contribution in [-0.4, -0.2) is 49.2 Å². The lowest BCUT2D eigenvalue weighted by atomic mass is 10.1. The minimum absolute atomic E-state index is 0.231. The number of rotatable bonds is 5. The molecule has 110 valence electrons. The number of hydrogen-bond donors (Lipinski definition) is 1. The summed E-state index contributed by atoms with van der Waals surface area (Å²) in [6, 6.07) is 2.23. The van der Waals surface area contributed by atoms with Crippen LogP contribution >= 0.6 is 15.9 Å². The van der Waals surface area contributed by atoms with Crippen LogP contribution < -0.4 is 9.47 Å². The molecule has 1 rings (SSSR count). The number of carbonyl (C=O) groups is 2. The molecule has 0 fully saturated rings. The zero-order valence-electron chi connectivity index (χ0n) is 11.6. The molecule has 0 aliphatic rings. The van der Waals surface area contributed by atoms with E-state index in [4.69, 9.17) is 14.6 Å². The van der Waals surface area contributed by atoms with Gasteiger partial charge in [-0.25, -0.2) is 4.79 Å². The third kappa shape index (κ3) is 3.22. The zero-order chi connectivity index (χ0) is 15.4. The Kier molecular flexibility index (Phi) is 5.38. The molecule has 1 aromatic rings. The highest BCUT2D eigenvalue weighted by Crippen LogP contribution is 2.34. The molecular weight excluding hydrogens is 330 g/mol. The van der Waals surface area contributed by atoms with Gasteiger partial charge in [-0.05, 0) is 35.0 Å². The maximum atomic E-state index is 12.4. The number of carboxylic acid groups (broad SMARTS) is 1. The number of aliphatic carboxylic acids is 1. The van der Waals surface area contributed by atoms with E-state index in [2.05, 4.69) is 15.9 Å². The van der Waals surface area contributed by atoms with E-state index >= 15 is 0 Å². The zero-order valence-corrected chi connectivity index (χ0v) is 13.2. The molecule has 1 aromatic carbocycles. The number of likely N-dealkylation sites (N-methyl/N-ethyl adjacent to an activating group) is 1. The summed E-state index contributed by atoms with van der Waals surface area (Å²) in [5.41, 5.74) is 0.231. The van der Waals surface area contributed by atoms with Crippen molar-refractivity contribution in [3.8, 4) is 11.5 Å². The first-order valence-electron chi connectivity index (χ1n) is 5.75. The van der Waals surface area contributed by atoms with E-state index < -0.39 is 17.9 Å². The Hall–Kier alpha value is -1.76. The van der Waals surface area contributed by atoms with Crippen molar-refractivity contribution in [3.63, 3.8) is 0 Å². The maximum Gasteiger partial charge on any atom is 0.326 e. The molecule has 0 saturated heterocycles. The maximum absolute atomic E-state index is 12.4. The fourth-order valence-corrected chi connectivity index (χ4v) is 2.19.